The molecule has 0 atom stereocenters. The highest BCUT2D eigenvalue weighted by molar-refractivity contribution is 5.89. The number of esters is 1. The van der Waals surface area contributed by atoms with E-state index in [0.717, 1.165) is 24.2 Å². The first-order chi connectivity index (χ1) is 9.93. The molecule has 6 heteroatoms. The third-order valence-corrected chi connectivity index (χ3v) is 3.77. The number of carbonyl (C=O) groups is 1. The summed E-state index contributed by atoms with van der Waals surface area (Å²) in [5.41, 5.74) is 3.67. The van der Waals surface area contributed by atoms with Gasteiger partial charge in [0.15, 0.2) is 5.69 Å². The van der Waals surface area contributed by atoms with Crippen LogP contribution in [0, 0.1) is 5.41 Å². The standard InChI is InChI=1S/C15H22N4O2/c1-5-21-15(20)13-8-14(18(4)17-13)12-9-19(11(3)16)7-6-10(12)2/h8,16H,5-7,9H2,1-4H3. The molecule has 1 aliphatic heterocycles. The van der Waals surface area contributed by atoms with E-state index >= 15 is 0 Å². The molecule has 21 heavy (non-hydrogen) atoms. The Kier molecular flexibility index (Phi) is 4.45. The Morgan fingerprint density at radius 1 is 1.52 bits per heavy atom. The van der Waals surface area contributed by atoms with Gasteiger partial charge in [-0.15, -0.1) is 0 Å². The van der Waals surface area contributed by atoms with Crippen LogP contribution in [-0.2, 0) is 11.8 Å². The summed E-state index contributed by atoms with van der Waals surface area (Å²) in [6.07, 6.45) is 0.922. The fraction of sp³-hybridized carbons (Fsp3) is 0.533. The molecule has 0 fully saturated rings. The van der Waals surface area contributed by atoms with E-state index < -0.39 is 5.97 Å². The maximum absolute atomic E-state index is 11.8. The Morgan fingerprint density at radius 2 is 2.24 bits per heavy atom. The molecule has 0 bridgehead atoms. The first-order valence-corrected chi connectivity index (χ1v) is 7.14. The van der Waals surface area contributed by atoms with Gasteiger partial charge in [0.25, 0.3) is 0 Å². The van der Waals surface area contributed by atoms with Crippen LogP contribution in [-0.4, -0.2) is 46.2 Å². The molecule has 0 aliphatic carbocycles. The van der Waals surface area contributed by atoms with E-state index in [1.165, 1.54) is 5.57 Å². The van der Waals surface area contributed by atoms with Gasteiger partial charge in [-0.2, -0.15) is 5.10 Å². The van der Waals surface area contributed by atoms with Crippen LogP contribution in [0.4, 0.5) is 0 Å². The lowest BCUT2D eigenvalue weighted by molar-refractivity contribution is 0.0518. The number of aryl methyl sites for hydroxylation is 1. The molecule has 2 rings (SSSR count). The lowest BCUT2D eigenvalue weighted by atomic mass is 9.98. The number of amidine groups is 1. The fourth-order valence-electron chi connectivity index (χ4n) is 2.50. The largest absolute Gasteiger partial charge is 0.461 e. The van der Waals surface area contributed by atoms with Crippen molar-refractivity contribution in [2.24, 2.45) is 7.05 Å². The van der Waals surface area contributed by atoms with E-state index in [9.17, 15) is 4.79 Å². The van der Waals surface area contributed by atoms with E-state index in [1.807, 2.05) is 11.9 Å². The van der Waals surface area contributed by atoms with Crippen molar-refractivity contribution in [2.75, 3.05) is 19.7 Å². The van der Waals surface area contributed by atoms with Gasteiger partial charge >= 0.3 is 5.97 Å². The first kappa shape index (κ1) is 15.3. The quantitative estimate of drug-likeness (QED) is 0.525. The van der Waals surface area contributed by atoms with Gasteiger partial charge in [0.2, 0.25) is 0 Å². The Labute approximate surface area is 124 Å². The minimum atomic E-state index is -0.395. The van der Waals surface area contributed by atoms with Crippen molar-refractivity contribution in [3.63, 3.8) is 0 Å². The summed E-state index contributed by atoms with van der Waals surface area (Å²) in [5.74, 6) is 0.168. The minimum absolute atomic E-state index is 0.332. The van der Waals surface area contributed by atoms with E-state index in [1.54, 1.807) is 24.6 Å². The van der Waals surface area contributed by atoms with Crippen LogP contribution in [0.3, 0.4) is 0 Å². The van der Waals surface area contributed by atoms with Crippen LogP contribution in [0.5, 0.6) is 0 Å². The summed E-state index contributed by atoms with van der Waals surface area (Å²) in [6.45, 7) is 7.57. The number of hydrogen-bond acceptors (Lipinski definition) is 4. The number of nitrogens with one attached hydrogen (secondary N) is 1. The number of hydrogen-bond donors (Lipinski definition) is 1. The average molecular weight is 290 g/mol. The third-order valence-electron chi connectivity index (χ3n) is 3.77. The number of ether oxygens (including phenoxy) is 1. The Bertz CT molecular complexity index is 601. The highest BCUT2D eigenvalue weighted by Gasteiger charge is 2.22. The maximum atomic E-state index is 11.8. The van der Waals surface area contributed by atoms with Crippen molar-refractivity contribution in [3.05, 3.63) is 23.0 Å². The molecule has 0 aromatic carbocycles. The predicted molar refractivity (Wildman–Crippen MR) is 81.3 cm³/mol. The summed E-state index contributed by atoms with van der Waals surface area (Å²) in [6, 6.07) is 1.78. The van der Waals surface area contributed by atoms with E-state index in [4.69, 9.17) is 10.1 Å². The highest BCUT2D eigenvalue weighted by atomic mass is 16.5. The molecular weight excluding hydrogens is 268 g/mol. The Hall–Kier alpha value is -2.11. The highest BCUT2D eigenvalue weighted by Crippen LogP contribution is 2.27. The second kappa shape index (κ2) is 6.11. The van der Waals surface area contributed by atoms with Crippen molar-refractivity contribution in [1.29, 1.82) is 5.41 Å². The maximum Gasteiger partial charge on any atom is 0.358 e. The lowest BCUT2D eigenvalue weighted by Gasteiger charge is -2.30. The van der Waals surface area contributed by atoms with Crippen molar-refractivity contribution in [1.82, 2.24) is 14.7 Å². The number of nitrogens with zero attached hydrogens (tertiary/aromatic N) is 3. The molecule has 0 radical (unpaired) electrons. The van der Waals surface area contributed by atoms with Crippen LogP contribution in [0.15, 0.2) is 11.6 Å². The molecule has 0 saturated heterocycles. The van der Waals surface area contributed by atoms with Gasteiger partial charge in [-0.3, -0.25) is 10.1 Å². The molecular formula is C15H22N4O2. The number of rotatable bonds is 3. The first-order valence-electron chi connectivity index (χ1n) is 7.14. The molecule has 1 N–H and O–H groups in total. The van der Waals surface area contributed by atoms with Gasteiger partial charge in [-0.1, -0.05) is 5.57 Å². The number of aromatic nitrogens is 2. The third kappa shape index (κ3) is 3.15. The van der Waals surface area contributed by atoms with Gasteiger partial charge in [0.1, 0.15) is 0 Å². The smallest absolute Gasteiger partial charge is 0.358 e. The lowest BCUT2D eigenvalue weighted by Crippen LogP contribution is -2.34. The predicted octanol–water partition coefficient (Wildman–Crippen LogP) is 2.07. The molecule has 0 spiro atoms. The van der Waals surface area contributed by atoms with Crippen LogP contribution in [0.1, 0.15) is 43.4 Å². The monoisotopic (exact) mass is 290 g/mol. The molecule has 0 amide bonds. The van der Waals surface area contributed by atoms with Gasteiger partial charge < -0.3 is 9.64 Å². The van der Waals surface area contributed by atoms with Crippen LogP contribution in [0.2, 0.25) is 0 Å². The summed E-state index contributed by atoms with van der Waals surface area (Å²) in [7, 11) is 1.83. The topological polar surface area (TPSA) is 71.2 Å². The molecule has 2 heterocycles. The van der Waals surface area contributed by atoms with Crippen LogP contribution < -0.4 is 0 Å². The van der Waals surface area contributed by atoms with Crippen molar-refractivity contribution in [3.8, 4) is 0 Å². The normalized spacial score (nSPS) is 15.3. The average Bonchev–Trinajstić information content (AvgIpc) is 2.81. The minimum Gasteiger partial charge on any atom is -0.461 e. The summed E-state index contributed by atoms with van der Waals surface area (Å²) in [4.78, 5) is 13.8. The fourth-order valence-corrected chi connectivity index (χ4v) is 2.50. The van der Waals surface area contributed by atoms with Gasteiger partial charge in [0, 0.05) is 20.1 Å². The van der Waals surface area contributed by atoms with Crippen molar-refractivity contribution in [2.45, 2.75) is 27.2 Å². The van der Waals surface area contributed by atoms with Crippen molar-refractivity contribution < 1.29 is 9.53 Å². The molecule has 1 aromatic heterocycles. The second-order valence-electron chi connectivity index (χ2n) is 5.27. The molecule has 114 valence electrons. The molecule has 1 aromatic rings. The van der Waals surface area contributed by atoms with Gasteiger partial charge in [-0.05, 0) is 38.8 Å². The van der Waals surface area contributed by atoms with Crippen LogP contribution >= 0.6 is 0 Å². The number of carbonyl (C=O) groups excluding carboxylic acids is 1. The zero-order valence-electron chi connectivity index (χ0n) is 13.1. The van der Waals surface area contributed by atoms with Crippen LogP contribution in [0.25, 0.3) is 5.57 Å². The van der Waals surface area contributed by atoms with E-state index in [0.29, 0.717) is 24.7 Å². The van der Waals surface area contributed by atoms with E-state index in [2.05, 4.69) is 12.0 Å². The SMILES string of the molecule is CCOC(=O)c1cc(C2=C(C)CCN(C(C)=N)C2)n(C)n1. The Balaban J connectivity index is 2.32. The van der Waals surface area contributed by atoms with Gasteiger partial charge in [-0.25, -0.2) is 4.79 Å². The van der Waals surface area contributed by atoms with Crippen molar-refractivity contribution >= 4 is 17.4 Å². The molecule has 0 saturated carbocycles. The zero-order chi connectivity index (χ0) is 15.6. The Morgan fingerprint density at radius 3 is 2.86 bits per heavy atom. The molecule has 1 aliphatic rings. The second-order valence-corrected chi connectivity index (χ2v) is 5.27. The summed E-state index contributed by atoms with van der Waals surface area (Å²) >= 11 is 0. The summed E-state index contributed by atoms with van der Waals surface area (Å²) in [5, 5.41) is 12.0. The molecule has 0 unspecified atom stereocenters. The van der Waals surface area contributed by atoms with E-state index in [-0.39, 0.29) is 0 Å². The summed E-state index contributed by atoms with van der Waals surface area (Å²) < 4.78 is 6.71. The molecule has 6 nitrogen and oxygen atoms in total. The van der Waals surface area contributed by atoms with Gasteiger partial charge in [0.05, 0.1) is 18.1 Å². The zero-order valence-corrected chi connectivity index (χ0v) is 13.1.